The summed E-state index contributed by atoms with van der Waals surface area (Å²) in [4.78, 5) is 17.2. The van der Waals surface area contributed by atoms with Crippen molar-refractivity contribution in [2.75, 3.05) is 13.7 Å². The molecular weight excluding hydrogens is 499 g/mol. The van der Waals surface area contributed by atoms with Crippen LogP contribution in [0.15, 0.2) is 60.0 Å². The number of benzene rings is 2. The molecule has 4 aromatic rings. The van der Waals surface area contributed by atoms with Gasteiger partial charge in [-0.1, -0.05) is 18.2 Å². The molecule has 38 heavy (non-hydrogen) atoms. The molecule has 1 amide bonds. The Morgan fingerprint density at radius 3 is 2.66 bits per heavy atom. The Bertz CT molecular complexity index is 1490. The van der Waals surface area contributed by atoms with E-state index in [1.807, 2.05) is 36.9 Å². The van der Waals surface area contributed by atoms with Crippen molar-refractivity contribution in [2.24, 2.45) is 0 Å². The van der Waals surface area contributed by atoms with E-state index in [1.54, 1.807) is 30.6 Å². The van der Waals surface area contributed by atoms with E-state index in [2.05, 4.69) is 28.1 Å². The molecule has 0 saturated carbocycles. The summed E-state index contributed by atoms with van der Waals surface area (Å²) >= 11 is 1.67. The predicted octanol–water partition coefficient (Wildman–Crippen LogP) is 7.35. The van der Waals surface area contributed by atoms with Crippen molar-refractivity contribution in [3.63, 3.8) is 0 Å². The Morgan fingerprint density at radius 2 is 1.92 bits per heavy atom. The van der Waals surface area contributed by atoms with Gasteiger partial charge >= 0.3 is 0 Å². The zero-order valence-electron chi connectivity index (χ0n) is 21.9. The summed E-state index contributed by atoms with van der Waals surface area (Å²) in [6, 6.07) is 16.9. The maximum absolute atomic E-state index is 14.2. The zero-order chi connectivity index (χ0) is 26.4. The molecule has 1 saturated heterocycles. The van der Waals surface area contributed by atoms with Gasteiger partial charge in [0.15, 0.2) is 11.5 Å². The largest absolute Gasteiger partial charge is 0.493 e. The van der Waals surface area contributed by atoms with E-state index >= 15 is 0 Å². The molecule has 0 bridgehead atoms. The number of aromatic nitrogens is 1. The second-order valence-corrected chi connectivity index (χ2v) is 11.2. The van der Waals surface area contributed by atoms with E-state index in [0.717, 1.165) is 52.3 Å². The lowest BCUT2D eigenvalue weighted by Crippen LogP contribution is -2.32. The standard InChI is InChI=1S/C31H31FN2O3S/c1-19(2)37-28-18-23-20(16-27(28)36-3)11-13-33-26(17-24(30(23)33)29-10-6-14-38-29)31(35)34-12-5-9-25(34)21-7-4-8-22(32)15-21/h4,6-8,10,14-19,25H,5,9,11-13H2,1-3H3. The van der Waals surface area contributed by atoms with Crippen molar-refractivity contribution in [3.05, 3.63) is 82.6 Å². The smallest absolute Gasteiger partial charge is 0.271 e. The van der Waals surface area contributed by atoms with E-state index in [9.17, 15) is 9.18 Å². The van der Waals surface area contributed by atoms with Crippen molar-refractivity contribution >= 4 is 17.2 Å². The Kier molecular flexibility index (Phi) is 6.48. The van der Waals surface area contributed by atoms with Crippen LogP contribution in [0, 0.1) is 5.82 Å². The van der Waals surface area contributed by atoms with Crippen LogP contribution < -0.4 is 9.47 Å². The van der Waals surface area contributed by atoms with Crippen molar-refractivity contribution < 1.29 is 18.7 Å². The quantitative estimate of drug-likeness (QED) is 0.262. The third kappa shape index (κ3) is 4.29. The molecule has 1 unspecified atom stereocenters. The molecule has 2 aromatic carbocycles. The van der Waals surface area contributed by atoms with Crippen molar-refractivity contribution in [3.8, 4) is 33.2 Å². The van der Waals surface area contributed by atoms with E-state index in [-0.39, 0.29) is 23.9 Å². The van der Waals surface area contributed by atoms with Crippen molar-refractivity contribution in [2.45, 2.75) is 51.8 Å². The number of ether oxygens (including phenoxy) is 2. The van der Waals surface area contributed by atoms with E-state index in [1.165, 1.54) is 11.6 Å². The highest BCUT2D eigenvalue weighted by molar-refractivity contribution is 7.13. The second kappa shape index (κ2) is 9.95. The van der Waals surface area contributed by atoms with Crippen LogP contribution in [0.1, 0.15) is 54.3 Å². The molecule has 2 aromatic heterocycles. The summed E-state index contributed by atoms with van der Waals surface area (Å²) in [7, 11) is 1.67. The van der Waals surface area contributed by atoms with Gasteiger partial charge in [-0.2, -0.15) is 0 Å². The van der Waals surface area contributed by atoms with Gasteiger partial charge in [0, 0.05) is 29.1 Å². The van der Waals surface area contributed by atoms with Crippen LogP contribution >= 0.6 is 11.3 Å². The van der Waals surface area contributed by atoms with Crippen LogP contribution in [0.5, 0.6) is 11.5 Å². The summed E-state index contributed by atoms with van der Waals surface area (Å²) in [5, 5.41) is 2.06. The number of thiophene rings is 1. The van der Waals surface area contributed by atoms with Gasteiger partial charge in [-0.25, -0.2) is 4.39 Å². The van der Waals surface area contributed by atoms with Gasteiger partial charge in [0.1, 0.15) is 11.5 Å². The monoisotopic (exact) mass is 530 g/mol. The van der Waals surface area contributed by atoms with Crippen LogP contribution in [0.25, 0.3) is 21.7 Å². The molecule has 2 aliphatic rings. The zero-order valence-corrected chi connectivity index (χ0v) is 22.7. The number of fused-ring (bicyclic) bond motifs is 3. The number of halogens is 1. The molecule has 0 N–H and O–H groups in total. The van der Waals surface area contributed by atoms with Gasteiger partial charge in [0.05, 0.1) is 24.9 Å². The first-order chi connectivity index (χ1) is 18.4. The van der Waals surface area contributed by atoms with Crippen LogP contribution in [-0.2, 0) is 13.0 Å². The van der Waals surface area contributed by atoms with Crippen LogP contribution in [0.4, 0.5) is 4.39 Å². The molecular formula is C31H31FN2O3S. The molecule has 2 aliphatic heterocycles. The first kappa shape index (κ1) is 24.7. The lowest BCUT2D eigenvalue weighted by atomic mass is 9.95. The third-order valence-corrected chi connectivity index (χ3v) is 8.36. The highest BCUT2D eigenvalue weighted by Gasteiger charge is 2.35. The van der Waals surface area contributed by atoms with Crippen molar-refractivity contribution in [1.82, 2.24) is 9.47 Å². The molecule has 0 aliphatic carbocycles. The highest BCUT2D eigenvalue weighted by Crippen LogP contribution is 2.46. The topological polar surface area (TPSA) is 43.7 Å². The second-order valence-electron chi connectivity index (χ2n) is 10.2. The number of carbonyl (C=O) groups is 1. The lowest BCUT2D eigenvalue weighted by Gasteiger charge is -2.28. The summed E-state index contributed by atoms with van der Waals surface area (Å²) in [5.74, 6) is 1.15. The number of hydrogen-bond donors (Lipinski definition) is 0. The lowest BCUT2D eigenvalue weighted by molar-refractivity contribution is 0.0724. The number of hydrogen-bond acceptors (Lipinski definition) is 4. The number of aryl methyl sites for hydroxylation is 1. The van der Waals surface area contributed by atoms with Gasteiger partial charge in [-0.15, -0.1) is 11.3 Å². The normalized spacial score (nSPS) is 16.4. The molecule has 6 rings (SSSR count). The van der Waals surface area contributed by atoms with E-state index < -0.39 is 0 Å². The Morgan fingerprint density at radius 1 is 1.05 bits per heavy atom. The minimum Gasteiger partial charge on any atom is -0.493 e. The number of amides is 1. The molecule has 1 atom stereocenters. The van der Waals surface area contributed by atoms with Gasteiger partial charge in [-0.05, 0) is 86.0 Å². The fourth-order valence-electron chi connectivity index (χ4n) is 5.85. The van der Waals surface area contributed by atoms with Gasteiger partial charge in [-0.3, -0.25) is 4.79 Å². The summed E-state index contributed by atoms with van der Waals surface area (Å²) in [6.07, 6.45) is 2.52. The van der Waals surface area contributed by atoms with Crippen molar-refractivity contribution in [1.29, 1.82) is 0 Å². The minimum absolute atomic E-state index is 0.00107. The molecule has 5 nitrogen and oxygen atoms in total. The Hall–Kier alpha value is -3.58. The van der Waals surface area contributed by atoms with Gasteiger partial charge < -0.3 is 18.9 Å². The summed E-state index contributed by atoms with van der Waals surface area (Å²) in [5.41, 5.74) is 5.87. The fourth-order valence-corrected chi connectivity index (χ4v) is 6.60. The molecule has 0 radical (unpaired) electrons. The molecule has 1 fully saturated rings. The number of rotatable bonds is 6. The maximum Gasteiger partial charge on any atom is 0.271 e. The van der Waals surface area contributed by atoms with Crippen LogP contribution in [0.2, 0.25) is 0 Å². The Labute approximate surface area is 226 Å². The SMILES string of the molecule is COc1cc2c(cc1OC(C)C)-c1c(-c3cccs3)cc(C(=O)N3CCCC3c3cccc(F)c3)n1CC2. The van der Waals surface area contributed by atoms with Crippen LogP contribution in [0.3, 0.4) is 0 Å². The van der Waals surface area contributed by atoms with E-state index in [0.29, 0.717) is 24.5 Å². The van der Waals surface area contributed by atoms with E-state index in [4.69, 9.17) is 9.47 Å². The fraction of sp³-hybridized carbons (Fsp3) is 0.323. The number of carbonyl (C=O) groups excluding carboxylic acids is 1. The summed E-state index contributed by atoms with van der Waals surface area (Å²) < 4.78 is 28.0. The van der Waals surface area contributed by atoms with Gasteiger partial charge in [0.25, 0.3) is 5.91 Å². The minimum atomic E-state index is -0.270. The predicted molar refractivity (Wildman–Crippen MR) is 149 cm³/mol. The molecule has 0 spiro atoms. The number of nitrogens with zero attached hydrogens (tertiary/aromatic N) is 2. The average molecular weight is 531 g/mol. The molecule has 7 heteroatoms. The maximum atomic E-state index is 14.2. The molecule has 196 valence electrons. The first-order valence-corrected chi connectivity index (χ1v) is 14.0. The Balaban J connectivity index is 1.48. The number of methoxy groups -OCH3 is 1. The third-order valence-electron chi connectivity index (χ3n) is 7.46. The average Bonchev–Trinajstić information content (AvgIpc) is 3.67. The first-order valence-electron chi connectivity index (χ1n) is 13.2. The summed E-state index contributed by atoms with van der Waals surface area (Å²) in [6.45, 7) is 5.36. The highest BCUT2D eigenvalue weighted by atomic mass is 32.1. The molecule has 4 heterocycles. The van der Waals surface area contributed by atoms with Crippen LogP contribution in [-0.4, -0.2) is 35.1 Å². The number of likely N-dealkylation sites (tertiary alicyclic amines) is 1. The van der Waals surface area contributed by atoms with Gasteiger partial charge in [0.2, 0.25) is 0 Å².